The van der Waals surface area contributed by atoms with Gasteiger partial charge in [-0.05, 0) is 62.4 Å². The van der Waals surface area contributed by atoms with Crippen LogP contribution < -0.4 is 15.8 Å². The Kier molecular flexibility index (Phi) is 5.83. The summed E-state index contributed by atoms with van der Waals surface area (Å²) in [5, 5.41) is 16.7. The summed E-state index contributed by atoms with van der Waals surface area (Å²) >= 11 is 6.01. The maximum atomic E-state index is 11.6. The fraction of sp³-hybridized carbons (Fsp3) is 0.0952. The maximum absolute atomic E-state index is 11.6. The molecule has 0 spiro atoms. The summed E-state index contributed by atoms with van der Waals surface area (Å²) in [6.07, 6.45) is 1.59. The summed E-state index contributed by atoms with van der Waals surface area (Å²) in [5.41, 5.74) is 3.18. The van der Waals surface area contributed by atoms with Crippen LogP contribution in [0.2, 0.25) is 5.02 Å². The summed E-state index contributed by atoms with van der Waals surface area (Å²) < 4.78 is 25.0. The number of hydrogen-bond donors (Lipinski definition) is 3. The fourth-order valence-corrected chi connectivity index (χ4v) is 3.70. The number of nitrogens with one attached hydrogen (secondary N) is 2. The zero-order valence-corrected chi connectivity index (χ0v) is 18.8. The van der Waals surface area contributed by atoms with Gasteiger partial charge >= 0.3 is 0 Å². The Bertz CT molecular complexity index is 1390. The second-order valence-electron chi connectivity index (χ2n) is 7.04. The van der Waals surface area contributed by atoms with Crippen LogP contribution in [0.5, 0.6) is 0 Å². The van der Waals surface area contributed by atoms with Gasteiger partial charge in [0.25, 0.3) is 0 Å². The van der Waals surface area contributed by atoms with Crippen molar-refractivity contribution in [3.8, 4) is 5.69 Å². The maximum Gasteiger partial charge on any atom is 0.238 e. The molecule has 0 saturated carbocycles. The monoisotopic (exact) mass is 469 g/mol. The number of benzene rings is 2. The number of hydrogen-bond acceptors (Lipinski definition) is 7. The first-order valence-electron chi connectivity index (χ1n) is 9.53. The van der Waals surface area contributed by atoms with Crippen LogP contribution >= 0.6 is 11.6 Å². The van der Waals surface area contributed by atoms with Gasteiger partial charge in [-0.25, -0.2) is 23.2 Å². The Morgan fingerprint density at radius 1 is 1.03 bits per heavy atom. The lowest BCUT2D eigenvalue weighted by molar-refractivity contribution is 0.598. The van der Waals surface area contributed by atoms with Crippen LogP contribution in [-0.4, -0.2) is 28.2 Å². The number of anilines is 4. The number of halogens is 1. The molecular formula is C21H20ClN7O2S. The van der Waals surface area contributed by atoms with Crippen LogP contribution in [0.4, 0.5) is 23.3 Å². The highest BCUT2D eigenvalue weighted by atomic mass is 35.5. The van der Waals surface area contributed by atoms with Gasteiger partial charge in [0.15, 0.2) is 0 Å². The molecule has 2 aromatic carbocycles. The lowest BCUT2D eigenvalue weighted by Crippen LogP contribution is -2.12. The lowest BCUT2D eigenvalue weighted by atomic mass is 10.2. The molecule has 0 atom stereocenters. The van der Waals surface area contributed by atoms with Crippen LogP contribution in [0.1, 0.15) is 11.3 Å². The van der Waals surface area contributed by atoms with Crippen molar-refractivity contribution in [1.82, 2.24) is 19.7 Å². The van der Waals surface area contributed by atoms with Crippen LogP contribution in [0.15, 0.2) is 65.7 Å². The molecule has 0 aliphatic rings. The van der Waals surface area contributed by atoms with Gasteiger partial charge in [0, 0.05) is 22.5 Å². The molecule has 0 saturated heterocycles. The van der Waals surface area contributed by atoms with Crippen LogP contribution in [0, 0.1) is 13.8 Å². The highest BCUT2D eigenvalue weighted by Crippen LogP contribution is 2.27. The zero-order chi connectivity index (χ0) is 22.9. The van der Waals surface area contributed by atoms with E-state index >= 15 is 0 Å². The van der Waals surface area contributed by atoms with Crippen molar-refractivity contribution in [1.29, 1.82) is 0 Å². The fourth-order valence-electron chi connectivity index (χ4n) is 3.01. The van der Waals surface area contributed by atoms with E-state index in [0.717, 1.165) is 22.8 Å². The molecule has 4 rings (SSSR count). The van der Waals surface area contributed by atoms with Gasteiger partial charge in [-0.2, -0.15) is 10.1 Å². The molecule has 0 aliphatic carbocycles. The van der Waals surface area contributed by atoms with Crippen molar-refractivity contribution >= 4 is 44.9 Å². The Morgan fingerprint density at radius 3 is 2.50 bits per heavy atom. The minimum atomic E-state index is -3.81. The van der Waals surface area contributed by atoms with Gasteiger partial charge in [-0.3, -0.25) is 0 Å². The first-order chi connectivity index (χ1) is 15.2. The average molecular weight is 470 g/mol. The second-order valence-corrected chi connectivity index (χ2v) is 9.03. The summed E-state index contributed by atoms with van der Waals surface area (Å²) in [6.45, 7) is 3.90. The van der Waals surface area contributed by atoms with Crippen molar-refractivity contribution in [3.63, 3.8) is 0 Å². The van der Waals surface area contributed by atoms with Gasteiger partial charge in [0.05, 0.1) is 16.3 Å². The van der Waals surface area contributed by atoms with Crippen molar-refractivity contribution < 1.29 is 8.42 Å². The molecule has 4 aromatic rings. The normalized spacial score (nSPS) is 11.4. The van der Waals surface area contributed by atoms with Gasteiger partial charge in [0.1, 0.15) is 11.6 Å². The first-order valence-corrected chi connectivity index (χ1v) is 11.5. The lowest BCUT2D eigenvalue weighted by Gasteiger charge is -2.12. The molecule has 11 heteroatoms. The molecular weight excluding hydrogens is 450 g/mol. The summed E-state index contributed by atoms with van der Waals surface area (Å²) in [5.74, 6) is 1.57. The average Bonchev–Trinajstić information content (AvgIpc) is 3.03. The van der Waals surface area contributed by atoms with Crippen molar-refractivity contribution in [3.05, 3.63) is 77.1 Å². The molecule has 32 heavy (non-hydrogen) atoms. The minimum Gasteiger partial charge on any atom is -0.324 e. The number of primary sulfonamides is 1. The van der Waals surface area contributed by atoms with E-state index in [0.29, 0.717) is 16.5 Å². The Morgan fingerprint density at radius 2 is 1.78 bits per heavy atom. The predicted molar refractivity (Wildman–Crippen MR) is 124 cm³/mol. The third-order valence-electron chi connectivity index (χ3n) is 4.75. The van der Waals surface area contributed by atoms with E-state index < -0.39 is 10.0 Å². The highest BCUT2D eigenvalue weighted by Gasteiger charge is 2.15. The minimum absolute atomic E-state index is 0.00486. The number of nitrogens with two attached hydrogens (primary N) is 1. The predicted octanol–water partition coefficient (Wildman–Crippen LogP) is 4.07. The number of sulfonamides is 1. The van der Waals surface area contributed by atoms with Crippen LogP contribution in [0.3, 0.4) is 0 Å². The van der Waals surface area contributed by atoms with Gasteiger partial charge < -0.3 is 10.6 Å². The highest BCUT2D eigenvalue weighted by molar-refractivity contribution is 7.89. The van der Waals surface area contributed by atoms with E-state index in [2.05, 4.69) is 25.7 Å². The van der Waals surface area contributed by atoms with E-state index in [1.165, 1.54) is 12.1 Å². The SMILES string of the molecule is Cc1nn(-c2ccc(Cl)cc2)c(Nc2ccnc(Nc3cccc(S(N)(=O)=O)c3)n2)c1C. The number of aryl methyl sites for hydroxylation is 1. The van der Waals surface area contributed by atoms with Gasteiger partial charge in [-0.15, -0.1) is 0 Å². The molecule has 164 valence electrons. The molecule has 0 fully saturated rings. The Hall–Kier alpha value is -3.47. The molecule has 0 radical (unpaired) electrons. The van der Waals surface area contributed by atoms with E-state index in [1.54, 1.807) is 41.2 Å². The Balaban J connectivity index is 1.62. The number of rotatable bonds is 6. The molecule has 0 aliphatic heterocycles. The van der Waals surface area contributed by atoms with Gasteiger partial charge in [-0.1, -0.05) is 17.7 Å². The Labute approximate surface area is 190 Å². The van der Waals surface area contributed by atoms with Crippen molar-refractivity contribution in [2.24, 2.45) is 5.14 Å². The standard InChI is InChI=1S/C21H20ClN7O2S/c1-13-14(2)28-29(17-8-6-15(22)7-9-17)20(13)26-19-10-11-24-21(27-19)25-16-4-3-5-18(12-16)32(23,30)31/h3-12H,1-2H3,(H2,23,30,31)(H2,24,25,26,27). The summed E-state index contributed by atoms with van der Waals surface area (Å²) in [7, 11) is -3.81. The molecule has 0 bridgehead atoms. The summed E-state index contributed by atoms with van der Waals surface area (Å²) in [6, 6.07) is 15.2. The molecule has 2 aromatic heterocycles. The van der Waals surface area contributed by atoms with E-state index in [1.807, 2.05) is 26.0 Å². The van der Waals surface area contributed by atoms with Gasteiger partial charge in [0.2, 0.25) is 16.0 Å². The quantitative estimate of drug-likeness (QED) is 0.388. The third kappa shape index (κ3) is 4.72. The second kappa shape index (κ2) is 8.58. The van der Waals surface area contributed by atoms with Crippen molar-refractivity contribution in [2.75, 3.05) is 10.6 Å². The largest absolute Gasteiger partial charge is 0.324 e. The smallest absolute Gasteiger partial charge is 0.238 e. The van der Waals surface area contributed by atoms with Crippen LogP contribution in [-0.2, 0) is 10.0 Å². The molecule has 4 N–H and O–H groups in total. The van der Waals surface area contributed by atoms with E-state index in [-0.39, 0.29) is 10.8 Å². The first kappa shape index (κ1) is 21.8. The molecule has 0 amide bonds. The third-order valence-corrected chi connectivity index (χ3v) is 5.91. The molecule has 2 heterocycles. The van der Waals surface area contributed by atoms with E-state index in [9.17, 15) is 8.42 Å². The van der Waals surface area contributed by atoms with Crippen LogP contribution in [0.25, 0.3) is 5.69 Å². The summed E-state index contributed by atoms with van der Waals surface area (Å²) in [4.78, 5) is 8.68. The zero-order valence-electron chi connectivity index (χ0n) is 17.2. The molecule has 9 nitrogen and oxygen atoms in total. The number of aromatic nitrogens is 4. The van der Waals surface area contributed by atoms with Crippen molar-refractivity contribution in [2.45, 2.75) is 18.7 Å². The topological polar surface area (TPSA) is 128 Å². The van der Waals surface area contributed by atoms with E-state index in [4.69, 9.17) is 16.7 Å². The number of nitrogens with zero attached hydrogens (tertiary/aromatic N) is 4. The molecule has 0 unspecified atom stereocenters.